The highest BCUT2D eigenvalue weighted by Gasteiger charge is 2.35. The Morgan fingerprint density at radius 1 is 1.09 bits per heavy atom. The molecule has 1 aliphatic heterocycles. The van der Waals surface area contributed by atoms with E-state index in [9.17, 15) is 4.79 Å². The largest absolute Gasteiger partial charge is 0.493 e. The Morgan fingerprint density at radius 2 is 1.82 bits per heavy atom. The maximum absolute atomic E-state index is 12.1. The zero-order valence-electron chi connectivity index (χ0n) is 12.1. The fourth-order valence-electron chi connectivity index (χ4n) is 2.41. The van der Waals surface area contributed by atoms with Gasteiger partial charge in [-0.05, 0) is 36.4 Å². The van der Waals surface area contributed by atoms with E-state index in [4.69, 9.17) is 25.8 Å². The average molecular weight is 320 g/mol. The normalized spacial score (nSPS) is 16.0. The van der Waals surface area contributed by atoms with Crippen molar-refractivity contribution in [1.29, 1.82) is 0 Å². The third-order valence-electron chi connectivity index (χ3n) is 3.43. The number of hydrogen-bond donors (Lipinski definition) is 1. The van der Waals surface area contributed by atoms with Crippen LogP contribution in [-0.2, 0) is 4.74 Å². The number of nitrogens with one attached hydrogen (secondary N) is 1. The molecule has 0 spiro atoms. The molecule has 1 N–H and O–H groups in total. The summed E-state index contributed by atoms with van der Waals surface area (Å²) in [5.74, 6) is 0.424. The number of esters is 1. The van der Waals surface area contributed by atoms with Gasteiger partial charge in [0.2, 0.25) is 6.23 Å². The molecule has 22 heavy (non-hydrogen) atoms. The molecule has 2 aromatic carbocycles. The summed E-state index contributed by atoms with van der Waals surface area (Å²) in [4.78, 5) is 12.1. The van der Waals surface area contributed by atoms with E-state index >= 15 is 0 Å². The summed E-state index contributed by atoms with van der Waals surface area (Å²) in [7, 11) is 3.01. The lowest BCUT2D eigenvalue weighted by Gasteiger charge is -2.15. The van der Waals surface area contributed by atoms with E-state index in [1.165, 1.54) is 14.2 Å². The first-order chi connectivity index (χ1) is 10.6. The van der Waals surface area contributed by atoms with E-state index in [0.29, 0.717) is 27.6 Å². The Labute approximate surface area is 132 Å². The van der Waals surface area contributed by atoms with Crippen LogP contribution >= 0.6 is 11.6 Å². The van der Waals surface area contributed by atoms with Gasteiger partial charge in [-0.1, -0.05) is 11.6 Å². The van der Waals surface area contributed by atoms with E-state index in [-0.39, 0.29) is 0 Å². The number of hydrogen-bond acceptors (Lipinski definition) is 5. The summed E-state index contributed by atoms with van der Waals surface area (Å²) in [6.07, 6.45) is -0.580. The third-order valence-corrected chi connectivity index (χ3v) is 3.68. The van der Waals surface area contributed by atoms with Gasteiger partial charge in [-0.15, -0.1) is 0 Å². The molecule has 0 saturated carbocycles. The van der Waals surface area contributed by atoms with E-state index in [2.05, 4.69) is 5.32 Å². The fourth-order valence-corrected chi connectivity index (χ4v) is 2.53. The molecule has 3 rings (SSSR count). The van der Waals surface area contributed by atoms with E-state index in [0.717, 1.165) is 5.69 Å². The molecule has 1 aliphatic rings. The highest BCUT2D eigenvalue weighted by molar-refractivity contribution is 6.30. The van der Waals surface area contributed by atoms with Crippen LogP contribution in [0.1, 0.15) is 22.1 Å². The number of methoxy groups -OCH3 is 2. The zero-order chi connectivity index (χ0) is 15.7. The number of ether oxygens (including phenoxy) is 3. The van der Waals surface area contributed by atoms with Crippen LogP contribution in [0.15, 0.2) is 36.4 Å². The molecule has 0 amide bonds. The number of anilines is 1. The Kier molecular flexibility index (Phi) is 3.81. The van der Waals surface area contributed by atoms with Crippen LogP contribution in [-0.4, -0.2) is 20.2 Å². The van der Waals surface area contributed by atoms with Gasteiger partial charge in [-0.2, -0.15) is 0 Å². The smallest absolute Gasteiger partial charge is 0.344 e. The third kappa shape index (κ3) is 2.44. The van der Waals surface area contributed by atoms with Crippen molar-refractivity contribution in [3.05, 3.63) is 52.5 Å². The first-order valence-corrected chi connectivity index (χ1v) is 7.00. The van der Waals surface area contributed by atoms with Crippen LogP contribution in [0.5, 0.6) is 11.5 Å². The Bertz CT molecular complexity index is 715. The van der Waals surface area contributed by atoms with Crippen molar-refractivity contribution in [2.75, 3.05) is 19.5 Å². The maximum Gasteiger partial charge on any atom is 0.344 e. The number of fused-ring (bicyclic) bond motifs is 1. The van der Waals surface area contributed by atoms with Gasteiger partial charge in [0, 0.05) is 16.3 Å². The summed E-state index contributed by atoms with van der Waals surface area (Å²) < 4.78 is 15.9. The van der Waals surface area contributed by atoms with Crippen molar-refractivity contribution in [2.45, 2.75) is 6.23 Å². The van der Waals surface area contributed by atoms with Crippen LogP contribution in [0.4, 0.5) is 5.69 Å². The highest BCUT2D eigenvalue weighted by Crippen LogP contribution is 2.42. The molecule has 0 fully saturated rings. The maximum atomic E-state index is 12.1. The lowest BCUT2D eigenvalue weighted by molar-refractivity contribution is 0.0435. The molecule has 114 valence electrons. The lowest BCUT2D eigenvalue weighted by atomic mass is 10.1. The Hall–Kier alpha value is -2.40. The summed E-state index contributed by atoms with van der Waals surface area (Å²) in [6.45, 7) is 0. The van der Waals surface area contributed by atoms with Gasteiger partial charge < -0.3 is 19.5 Å². The van der Waals surface area contributed by atoms with Gasteiger partial charge in [0.25, 0.3) is 0 Å². The Morgan fingerprint density at radius 3 is 2.45 bits per heavy atom. The second-order valence-corrected chi connectivity index (χ2v) is 5.14. The van der Waals surface area contributed by atoms with Gasteiger partial charge in [-0.25, -0.2) is 4.79 Å². The highest BCUT2D eigenvalue weighted by atomic mass is 35.5. The molecule has 0 aliphatic carbocycles. The van der Waals surface area contributed by atoms with Gasteiger partial charge in [0.15, 0.2) is 11.5 Å². The van der Waals surface area contributed by atoms with Crippen molar-refractivity contribution < 1.29 is 19.0 Å². The first-order valence-electron chi connectivity index (χ1n) is 6.62. The topological polar surface area (TPSA) is 56.8 Å². The molecule has 2 aromatic rings. The minimum Gasteiger partial charge on any atom is -0.493 e. The first kappa shape index (κ1) is 14.5. The van der Waals surface area contributed by atoms with E-state index in [1.807, 2.05) is 12.1 Å². The summed E-state index contributed by atoms with van der Waals surface area (Å²) in [5.41, 5.74) is 1.88. The number of benzene rings is 2. The summed E-state index contributed by atoms with van der Waals surface area (Å²) in [5, 5.41) is 3.79. The van der Waals surface area contributed by atoms with Crippen molar-refractivity contribution in [3.63, 3.8) is 0 Å². The van der Waals surface area contributed by atoms with Crippen LogP contribution in [0.3, 0.4) is 0 Å². The summed E-state index contributed by atoms with van der Waals surface area (Å²) >= 11 is 5.86. The molecular weight excluding hydrogens is 306 g/mol. The molecule has 0 aromatic heterocycles. The Balaban J connectivity index is 1.96. The number of rotatable bonds is 4. The molecular formula is C16H14ClNO4. The van der Waals surface area contributed by atoms with Crippen molar-refractivity contribution in [2.24, 2.45) is 0 Å². The van der Waals surface area contributed by atoms with Crippen LogP contribution in [0.2, 0.25) is 5.02 Å². The monoisotopic (exact) mass is 319 g/mol. The number of carbonyl (C=O) groups excluding carboxylic acids is 1. The number of carbonyl (C=O) groups is 1. The minimum absolute atomic E-state index is 0.380. The van der Waals surface area contributed by atoms with Crippen molar-refractivity contribution >= 4 is 23.3 Å². The average Bonchev–Trinajstić information content (AvgIpc) is 2.85. The minimum atomic E-state index is -0.580. The quantitative estimate of drug-likeness (QED) is 0.872. The number of halogens is 1. The molecule has 0 saturated heterocycles. The van der Waals surface area contributed by atoms with Crippen LogP contribution in [0, 0.1) is 0 Å². The molecule has 0 radical (unpaired) electrons. The molecule has 0 unspecified atom stereocenters. The fraction of sp³-hybridized carbons (Fsp3) is 0.188. The second kappa shape index (κ2) is 5.77. The van der Waals surface area contributed by atoms with E-state index < -0.39 is 12.2 Å². The van der Waals surface area contributed by atoms with Crippen LogP contribution in [0.25, 0.3) is 0 Å². The molecule has 0 bridgehead atoms. The number of cyclic esters (lactones) is 1. The van der Waals surface area contributed by atoms with Gasteiger partial charge in [0.1, 0.15) is 5.56 Å². The molecule has 6 heteroatoms. The molecule has 1 atom stereocenters. The van der Waals surface area contributed by atoms with Crippen molar-refractivity contribution in [3.8, 4) is 11.5 Å². The van der Waals surface area contributed by atoms with Gasteiger partial charge in [0.05, 0.1) is 14.2 Å². The van der Waals surface area contributed by atoms with E-state index in [1.54, 1.807) is 24.3 Å². The predicted octanol–water partition coefficient (Wildman–Crippen LogP) is 3.64. The predicted molar refractivity (Wildman–Crippen MR) is 82.8 cm³/mol. The second-order valence-electron chi connectivity index (χ2n) is 4.70. The summed E-state index contributed by atoms with van der Waals surface area (Å²) in [6, 6.07) is 10.7. The van der Waals surface area contributed by atoms with Gasteiger partial charge in [-0.3, -0.25) is 0 Å². The SMILES string of the molecule is COc1ccc2c(c1OC)C(=O)O[C@H]2Nc1ccc(Cl)cc1. The lowest BCUT2D eigenvalue weighted by Crippen LogP contribution is -2.10. The van der Waals surface area contributed by atoms with Crippen LogP contribution < -0.4 is 14.8 Å². The molecule has 5 nitrogen and oxygen atoms in total. The van der Waals surface area contributed by atoms with Crippen molar-refractivity contribution in [1.82, 2.24) is 0 Å². The standard InChI is InChI=1S/C16H14ClNO4/c1-20-12-8-7-11-13(14(12)21-2)16(19)22-15(11)18-10-5-3-9(17)4-6-10/h3-8,15,18H,1-2H3/t15-/m1/s1. The molecule has 1 heterocycles. The zero-order valence-corrected chi connectivity index (χ0v) is 12.8. The van der Waals surface area contributed by atoms with Gasteiger partial charge >= 0.3 is 5.97 Å².